The third-order valence-corrected chi connectivity index (χ3v) is 11.9. The number of amides is 1. The van der Waals surface area contributed by atoms with Gasteiger partial charge in [-0.2, -0.15) is 25.0 Å². The van der Waals surface area contributed by atoms with Gasteiger partial charge in [0.15, 0.2) is 11.6 Å². The van der Waals surface area contributed by atoms with Gasteiger partial charge >= 0.3 is 12.0 Å². The molecule has 0 radical (unpaired) electrons. The Hall–Kier alpha value is -4.85. The number of hydrogen-bond acceptors (Lipinski definition) is 12. The molecular formula is C33H29ClF2N10O3S. The normalized spacial score (nSPS) is 24.0. The second-order valence-corrected chi connectivity index (χ2v) is 14.9. The van der Waals surface area contributed by atoms with Crippen LogP contribution in [-0.2, 0) is 0 Å². The van der Waals surface area contributed by atoms with E-state index in [0.29, 0.717) is 24.9 Å². The van der Waals surface area contributed by atoms with E-state index in [-0.39, 0.29) is 77.7 Å². The predicted molar refractivity (Wildman–Crippen MR) is 182 cm³/mol. The Balaban J connectivity index is 1.19. The summed E-state index contributed by atoms with van der Waals surface area (Å²) in [5, 5.41) is 17.2. The van der Waals surface area contributed by atoms with Gasteiger partial charge in [-0.25, -0.2) is 18.6 Å². The van der Waals surface area contributed by atoms with Crippen molar-refractivity contribution < 1.29 is 23.0 Å². The van der Waals surface area contributed by atoms with E-state index in [0.717, 1.165) is 48.4 Å². The Morgan fingerprint density at radius 3 is 2.96 bits per heavy atom. The van der Waals surface area contributed by atoms with Crippen LogP contribution in [0.2, 0.25) is 5.02 Å². The van der Waals surface area contributed by atoms with Gasteiger partial charge in [0, 0.05) is 24.0 Å². The van der Waals surface area contributed by atoms with E-state index < -0.39 is 23.7 Å². The molecule has 1 unspecified atom stereocenters. The molecule has 3 saturated heterocycles. The molecule has 3 N–H and O–H groups in total. The molecule has 2 aromatic carbocycles. The van der Waals surface area contributed by atoms with Crippen LogP contribution in [0.5, 0.6) is 11.8 Å². The van der Waals surface area contributed by atoms with Crippen molar-refractivity contribution in [1.29, 1.82) is 5.26 Å². The number of nitrogens with two attached hydrogens (primary N) is 1. The molecule has 256 valence electrons. The largest absolute Gasteiger partial charge is 0.489 e. The molecule has 4 aliphatic heterocycles. The number of fused-ring (bicyclic) bond motifs is 4. The third-order valence-electron chi connectivity index (χ3n) is 10.5. The first kappa shape index (κ1) is 31.2. The summed E-state index contributed by atoms with van der Waals surface area (Å²) in [5.41, 5.74) is 5.94. The van der Waals surface area contributed by atoms with Crippen molar-refractivity contribution in [2.75, 3.05) is 43.5 Å². The Labute approximate surface area is 292 Å². The van der Waals surface area contributed by atoms with Gasteiger partial charge in [-0.1, -0.05) is 24.6 Å². The number of thiophene rings is 1. The van der Waals surface area contributed by atoms with Crippen LogP contribution < -0.4 is 25.4 Å². The van der Waals surface area contributed by atoms with E-state index in [1.54, 1.807) is 0 Å². The third kappa shape index (κ3) is 4.53. The zero-order valence-electron chi connectivity index (χ0n) is 26.6. The maximum absolute atomic E-state index is 17.2. The molecule has 50 heavy (non-hydrogen) atoms. The molecule has 0 bridgehead atoms. The lowest BCUT2D eigenvalue weighted by atomic mass is 9.92. The number of benzene rings is 2. The fourth-order valence-corrected chi connectivity index (χ4v) is 9.54. The van der Waals surface area contributed by atoms with Crippen LogP contribution in [0.25, 0.3) is 32.1 Å². The Morgan fingerprint density at radius 2 is 2.16 bits per heavy atom. The van der Waals surface area contributed by atoms with Gasteiger partial charge in [0.25, 0.3) is 0 Å². The molecule has 1 amide bonds. The number of nitrogens with one attached hydrogen (secondary N) is 1. The van der Waals surface area contributed by atoms with Gasteiger partial charge < -0.3 is 25.4 Å². The quantitative estimate of drug-likeness (QED) is 0.253. The molecule has 17 heteroatoms. The summed E-state index contributed by atoms with van der Waals surface area (Å²) in [6.07, 6.45) is 5.59. The van der Waals surface area contributed by atoms with Crippen molar-refractivity contribution in [2.45, 2.75) is 43.8 Å². The van der Waals surface area contributed by atoms with Crippen LogP contribution in [0.4, 0.5) is 24.4 Å². The van der Waals surface area contributed by atoms with Crippen LogP contribution in [0.3, 0.4) is 0 Å². The van der Waals surface area contributed by atoms with Crippen molar-refractivity contribution in [2.24, 2.45) is 5.92 Å². The predicted octanol–water partition coefficient (Wildman–Crippen LogP) is 4.95. The number of hydrogen-bond donors (Lipinski definition) is 2. The van der Waals surface area contributed by atoms with E-state index in [9.17, 15) is 10.1 Å². The number of ether oxygens (including phenoxy) is 2. The average molecular weight is 719 g/mol. The second kappa shape index (κ2) is 11.3. The molecule has 3 fully saturated rings. The molecule has 5 aromatic rings. The molecule has 9 rings (SSSR count). The molecular weight excluding hydrogens is 690 g/mol. The fourth-order valence-electron chi connectivity index (χ4n) is 8.26. The number of carbonyl (C=O) groups excluding carboxylic acids is 1. The lowest BCUT2D eigenvalue weighted by Crippen LogP contribution is -2.69. The van der Waals surface area contributed by atoms with Gasteiger partial charge in [0.2, 0.25) is 0 Å². The number of anilines is 2. The monoisotopic (exact) mass is 718 g/mol. The van der Waals surface area contributed by atoms with E-state index >= 15 is 8.78 Å². The van der Waals surface area contributed by atoms with Crippen molar-refractivity contribution in [3.05, 3.63) is 47.0 Å². The second-order valence-electron chi connectivity index (χ2n) is 13.4. The summed E-state index contributed by atoms with van der Waals surface area (Å²) in [4.78, 5) is 30.5. The van der Waals surface area contributed by atoms with Crippen LogP contribution in [0.15, 0.2) is 24.8 Å². The molecule has 0 saturated carbocycles. The van der Waals surface area contributed by atoms with Crippen LogP contribution in [-0.4, -0.2) is 86.1 Å². The van der Waals surface area contributed by atoms with E-state index in [4.69, 9.17) is 31.8 Å². The molecule has 4 aliphatic rings. The van der Waals surface area contributed by atoms with Crippen LogP contribution >= 0.6 is 22.9 Å². The highest BCUT2D eigenvalue weighted by Crippen LogP contribution is 2.52. The minimum absolute atomic E-state index is 0.0103. The maximum atomic E-state index is 17.2. The number of rotatable bonds is 5. The van der Waals surface area contributed by atoms with Crippen molar-refractivity contribution in [1.82, 2.24) is 34.9 Å². The highest BCUT2D eigenvalue weighted by atomic mass is 35.5. The van der Waals surface area contributed by atoms with Crippen molar-refractivity contribution in [3.8, 4) is 29.0 Å². The molecule has 0 spiro atoms. The van der Waals surface area contributed by atoms with E-state index in [1.165, 1.54) is 24.8 Å². The molecule has 4 atom stereocenters. The van der Waals surface area contributed by atoms with E-state index in [1.807, 2.05) is 11.0 Å². The highest BCUT2D eigenvalue weighted by Gasteiger charge is 2.49. The topological polar surface area (TPSA) is 160 Å². The number of nitrogen functional groups attached to an aromatic ring is 1. The zero-order valence-corrected chi connectivity index (χ0v) is 28.2. The van der Waals surface area contributed by atoms with E-state index in [2.05, 4.69) is 32.2 Å². The maximum Gasteiger partial charge on any atom is 0.343 e. The SMILES string of the molecule is C[C@H]1CN2CCC[C@@]2(COc2nc3c4c(c(Cl)c(-c5ccc(F)c6sc(N)c(C#N)c56)c(F)c4n2)OC[C@@H]2C(NC(=O)n4cncn4)CN32)C1. The Morgan fingerprint density at radius 1 is 1.30 bits per heavy atom. The first-order valence-electron chi connectivity index (χ1n) is 16.2. The number of nitriles is 1. The summed E-state index contributed by atoms with van der Waals surface area (Å²) >= 11 is 7.95. The van der Waals surface area contributed by atoms with Crippen molar-refractivity contribution >= 4 is 60.8 Å². The minimum atomic E-state index is -0.808. The van der Waals surface area contributed by atoms with Gasteiger partial charge in [0.1, 0.15) is 54.1 Å². The van der Waals surface area contributed by atoms with Gasteiger partial charge in [-0.15, -0.1) is 11.3 Å². The number of halogens is 3. The average Bonchev–Trinajstić information content (AvgIpc) is 3.87. The lowest BCUT2D eigenvalue weighted by molar-refractivity contribution is 0.107. The molecule has 13 nitrogen and oxygen atoms in total. The first-order valence-corrected chi connectivity index (χ1v) is 17.4. The molecule has 3 aromatic heterocycles. The minimum Gasteiger partial charge on any atom is -0.489 e. The van der Waals surface area contributed by atoms with Gasteiger partial charge in [-0.05, 0) is 43.4 Å². The Bertz CT molecular complexity index is 2280. The molecule has 0 aliphatic carbocycles. The summed E-state index contributed by atoms with van der Waals surface area (Å²) in [6, 6.07) is 3.33. The van der Waals surface area contributed by atoms with Crippen molar-refractivity contribution in [3.63, 3.8) is 0 Å². The number of carbonyl (C=O) groups is 1. The summed E-state index contributed by atoms with van der Waals surface area (Å²) in [6.45, 7) is 4.94. The number of aromatic nitrogens is 5. The first-order chi connectivity index (χ1) is 24.2. The highest BCUT2D eigenvalue weighted by molar-refractivity contribution is 7.23. The van der Waals surface area contributed by atoms with Crippen LogP contribution in [0, 0.1) is 28.9 Å². The summed E-state index contributed by atoms with van der Waals surface area (Å²) in [5.74, 6) is -0.411. The number of nitrogens with zero attached hydrogens (tertiary/aromatic N) is 8. The van der Waals surface area contributed by atoms with Gasteiger partial charge in [0.05, 0.1) is 38.3 Å². The van der Waals surface area contributed by atoms with Crippen LogP contribution in [0.1, 0.15) is 31.7 Å². The van der Waals surface area contributed by atoms with Gasteiger partial charge in [-0.3, -0.25) is 4.90 Å². The fraction of sp³-hybridized carbons (Fsp3) is 0.394. The standard InChI is InChI=1S/C33H29ClF2N10O3S/c1-15-7-33(5-2-6-44(33)9-15)12-49-31-42-26-23-27(48-11-20-19(10-45(20)30(23)43-31)41-32(47)46-14-39-13-40-46)24(34)22(25(26)36)16-3-4-18(35)28-21(16)17(8-37)29(38)50-28/h3-4,13-15,19-20H,2,5-7,9-12,38H2,1H3,(H,41,47)/t15-,19?,20-,33+/m1/s1. The molecule has 7 heterocycles. The lowest BCUT2D eigenvalue weighted by Gasteiger charge is -2.47. The smallest absolute Gasteiger partial charge is 0.343 e. The zero-order chi connectivity index (χ0) is 34.5. The summed E-state index contributed by atoms with van der Waals surface area (Å²) in [7, 11) is 0. The Kier molecular flexibility index (Phi) is 7.06. The summed E-state index contributed by atoms with van der Waals surface area (Å²) < 4.78 is 46.1.